The van der Waals surface area contributed by atoms with Gasteiger partial charge in [0.25, 0.3) is 5.91 Å². The van der Waals surface area contributed by atoms with E-state index < -0.39 is 11.9 Å². The maximum Gasteiger partial charge on any atom is 0.343 e. The first-order valence-corrected chi connectivity index (χ1v) is 12.6. The Morgan fingerprint density at radius 2 is 1.90 bits per heavy atom. The molecule has 1 fully saturated rings. The number of nitrogens with two attached hydrogens (primary N) is 1. The number of hydrogen-bond donors (Lipinski definition) is 2. The fourth-order valence-electron chi connectivity index (χ4n) is 4.26. The van der Waals surface area contributed by atoms with Crippen molar-refractivity contribution < 1.29 is 23.7 Å². The molecule has 1 aliphatic rings. The number of nitrogens with zero attached hydrogens (tertiary/aromatic N) is 7. The summed E-state index contributed by atoms with van der Waals surface area (Å²) in [6.45, 7) is 2.23. The lowest BCUT2D eigenvalue weighted by Crippen LogP contribution is -2.31. The number of nitrogen functional groups attached to an aromatic ring is 1. The highest BCUT2D eigenvalue weighted by molar-refractivity contribution is 5.95. The van der Waals surface area contributed by atoms with Gasteiger partial charge in [0.1, 0.15) is 5.69 Å². The summed E-state index contributed by atoms with van der Waals surface area (Å²) < 4.78 is 16.7. The van der Waals surface area contributed by atoms with Crippen LogP contribution in [0.2, 0.25) is 0 Å². The van der Waals surface area contributed by atoms with Crippen molar-refractivity contribution in [1.82, 2.24) is 35.6 Å². The Bertz CT molecular complexity index is 1510. The van der Waals surface area contributed by atoms with Crippen LogP contribution in [-0.2, 0) is 6.54 Å². The van der Waals surface area contributed by atoms with E-state index in [0.717, 1.165) is 25.9 Å². The number of anilines is 1. The van der Waals surface area contributed by atoms with Crippen molar-refractivity contribution in [2.75, 3.05) is 25.9 Å². The van der Waals surface area contributed by atoms with Gasteiger partial charge in [-0.15, -0.1) is 5.10 Å². The molecule has 2 aromatic carbocycles. The number of nitrogens with one attached hydrogen (secondary N) is 1. The highest BCUT2D eigenvalue weighted by Gasteiger charge is 2.26. The molecule has 3 heterocycles. The van der Waals surface area contributed by atoms with Crippen LogP contribution in [0.15, 0.2) is 58.3 Å². The first-order chi connectivity index (χ1) is 19.5. The quantitative estimate of drug-likeness (QED) is 0.136. The van der Waals surface area contributed by atoms with Crippen molar-refractivity contribution >= 4 is 23.9 Å². The number of carbonyl (C=O) groups excluding carboxylic acids is 2. The largest absolute Gasteiger partial charge is 0.493 e. The summed E-state index contributed by atoms with van der Waals surface area (Å²) in [6, 6.07) is 13.5. The van der Waals surface area contributed by atoms with Gasteiger partial charge in [0.2, 0.25) is 11.6 Å². The van der Waals surface area contributed by atoms with Crippen LogP contribution in [0.4, 0.5) is 5.82 Å². The third-order valence-electron chi connectivity index (χ3n) is 6.25. The highest BCUT2D eigenvalue weighted by atomic mass is 16.6. The van der Waals surface area contributed by atoms with E-state index in [4.69, 9.17) is 15.2 Å². The number of benzene rings is 2. The number of amides is 1. The van der Waals surface area contributed by atoms with Crippen molar-refractivity contribution in [1.29, 1.82) is 0 Å². The molecule has 0 spiro atoms. The third kappa shape index (κ3) is 5.96. The van der Waals surface area contributed by atoms with Gasteiger partial charge in [-0.25, -0.2) is 14.8 Å². The molecule has 5 rings (SSSR count). The molecule has 1 saturated heterocycles. The summed E-state index contributed by atoms with van der Waals surface area (Å²) in [5.74, 6) is -0.505. The molecule has 0 unspecified atom stereocenters. The Morgan fingerprint density at radius 1 is 1.10 bits per heavy atom. The molecule has 0 radical (unpaired) electrons. The van der Waals surface area contributed by atoms with E-state index in [0.29, 0.717) is 29.1 Å². The standard InChI is InChI=1S/C26H27N9O5/c1-38-21-14-17(10-11-20(21)39-26(37)18-8-4-2-5-9-18)15-28-30-25(36)22-19(16-34-12-6-3-7-13-34)29-33-35(22)24-23(27)31-40-32-24/h2,4-5,8-11,14-15H,3,6-7,12-13,16H2,1H3,(H2,27,31)(H,30,36)/b28-15+. The fourth-order valence-corrected chi connectivity index (χ4v) is 4.26. The average molecular weight is 546 g/mol. The number of likely N-dealkylation sites (tertiary alicyclic amines) is 1. The lowest BCUT2D eigenvalue weighted by atomic mass is 10.1. The predicted octanol–water partition coefficient (Wildman–Crippen LogP) is 2.21. The summed E-state index contributed by atoms with van der Waals surface area (Å²) in [5, 5.41) is 19.7. The van der Waals surface area contributed by atoms with Crippen molar-refractivity contribution in [3.63, 3.8) is 0 Å². The minimum atomic E-state index is -0.573. The predicted molar refractivity (Wildman–Crippen MR) is 142 cm³/mol. The number of hydrazone groups is 1. The van der Waals surface area contributed by atoms with Gasteiger partial charge in [0.05, 0.1) is 18.9 Å². The van der Waals surface area contributed by atoms with Crippen LogP contribution in [-0.4, -0.2) is 68.5 Å². The van der Waals surface area contributed by atoms with E-state index in [1.807, 2.05) is 6.07 Å². The molecular weight excluding hydrogens is 518 g/mol. The van der Waals surface area contributed by atoms with Gasteiger partial charge >= 0.3 is 5.97 Å². The van der Waals surface area contributed by atoms with Gasteiger partial charge in [0, 0.05) is 6.54 Å². The lowest BCUT2D eigenvalue weighted by Gasteiger charge is -2.25. The Kier molecular flexibility index (Phi) is 8.06. The molecule has 206 valence electrons. The second-order valence-electron chi connectivity index (χ2n) is 8.97. The second-order valence-corrected chi connectivity index (χ2v) is 8.97. The molecule has 0 saturated carbocycles. The van der Waals surface area contributed by atoms with E-state index in [-0.39, 0.29) is 23.1 Å². The summed E-state index contributed by atoms with van der Waals surface area (Å²) in [7, 11) is 1.46. The minimum absolute atomic E-state index is 0.0351. The van der Waals surface area contributed by atoms with Gasteiger partial charge in [-0.05, 0) is 72.1 Å². The molecule has 14 heteroatoms. The molecule has 4 aromatic rings. The summed E-state index contributed by atoms with van der Waals surface area (Å²) in [5.41, 5.74) is 9.91. The number of carbonyl (C=O) groups is 2. The van der Waals surface area contributed by atoms with Crippen molar-refractivity contribution in [3.05, 3.63) is 71.0 Å². The van der Waals surface area contributed by atoms with Gasteiger partial charge < -0.3 is 15.2 Å². The van der Waals surface area contributed by atoms with Gasteiger partial charge in [-0.3, -0.25) is 9.69 Å². The van der Waals surface area contributed by atoms with E-state index >= 15 is 0 Å². The molecule has 1 aliphatic heterocycles. The fraction of sp³-hybridized carbons (Fsp3) is 0.269. The van der Waals surface area contributed by atoms with E-state index in [9.17, 15) is 9.59 Å². The van der Waals surface area contributed by atoms with Crippen LogP contribution in [0.3, 0.4) is 0 Å². The second kappa shape index (κ2) is 12.2. The smallest absolute Gasteiger partial charge is 0.343 e. The molecule has 2 aromatic heterocycles. The first-order valence-electron chi connectivity index (χ1n) is 12.6. The van der Waals surface area contributed by atoms with Crippen molar-refractivity contribution in [2.24, 2.45) is 5.10 Å². The van der Waals surface area contributed by atoms with Gasteiger partial charge in [-0.2, -0.15) is 9.78 Å². The van der Waals surface area contributed by atoms with Crippen LogP contribution in [0.5, 0.6) is 11.5 Å². The van der Waals surface area contributed by atoms with Crippen LogP contribution in [0, 0.1) is 0 Å². The van der Waals surface area contributed by atoms with Crippen molar-refractivity contribution in [2.45, 2.75) is 25.8 Å². The zero-order chi connectivity index (χ0) is 27.9. The SMILES string of the molecule is COc1cc(/C=N/NC(=O)c2c(CN3CCCCC3)nnn2-c2nonc2N)ccc1OC(=O)c1ccccc1. The molecule has 14 nitrogen and oxygen atoms in total. The van der Waals surface area contributed by atoms with Crippen LogP contribution < -0.4 is 20.6 Å². The molecule has 1 amide bonds. The molecule has 0 bridgehead atoms. The summed E-state index contributed by atoms with van der Waals surface area (Å²) >= 11 is 0. The van der Waals surface area contributed by atoms with E-state index in [1.54, 1.807) is 42.5 Å². The van der Waals surface area contributed by atoms with E-state index in [2.05, 4.69) is 40.7 Å². The zero-order valence-corrected chi connectivity index (χ0v) is 21.7. The molecule has 0 aliphatic carbocycles. The van der Waals surface area contributed by atoms with Crippen LogP contribution >= 0.6 is 0 Å². The van der Waals surface area contributed by atoms with Crippen molar-refractivity contribution in [3.8, 4) is 17.3 Å². The number of methoxy groups -OCH3 is 1. The molecular formula is C26H27N9O5. The first kappa shape index (κ1) is 26.5. The number of esters is 1. The third-order valence-corrected chi connectivity index (χ3v) is 6.25. The topological polar surface area (TPSA) is 176 Å². The Labute approximate surface area is 228 Å². The number of piperidine rings is 1. The van der Waals surface area contributed by atoms with Gasteiger partial charge in [0.15, 0.2) is 17.2 Å². The monoisotopic (exact) mass is 545 g/mol. The average Bonchev–Trinajstić information content (AvgIpc) is 3.60. The van der Waals surface area contributed by atoms with Crippen LogP contribution in [0.1, 0.15) is 51.4 Å². The molecule has 3 N–H and O–H groups in total. The Balaban J connectivity index is 1.32. The molecule has 0 atom stereocenters. The normalized spacial score (nSPS) is 13.8. The lowest BCUT2D eigenvalue weighted by molar-refractivity contribution is 0.0729. The Hall–Kier alpha value is -5.11. The van der Waals surface area contributed by atoms with Crippen LogP contribution in [0.25, 0.3) is 5.82 Å². The molecule has 40 heavy (non-hydrogen) atoms. The van der Waals surface area contributed by atoms with Gasteiger partial charge in [-0.1, -0.05) is 29.8 Å². The Morgan fingerprint density at radius 3 is 2.62 bits per heavy atom. The highest BCUT2D eigenvalue weighted by Crippen LogP contribution is 2.28. The number of aromatic nitrogens is 5. The summed E-state index contributed by atoms with van der Waals surface area (Å²) in [4.78, 5) is 27.9. The van der Waals surface area contributed by atoms with E-state index in [1.165, 1.54) is 24.4 Å². The maximum atomic E-state index is 13.3. The summed E-state index contributed by atoms with van der Waals surface area (Å²) in [6.07, 6.45) is 4.75. The zero-order valence-electron chi connectivity index (χ0n) is 21.7. The number of ether oxygens (including phenoxy) is 2. The number of rotatable bonds is 9. The number of hydrogen-bond acceptors (Lipinski definition) is 12. The maximum absolute atomic E-state index is 13.3. The minimum Gasteiger partial charge on any atom is -0.493 e.